The zero-order chi connectivity index (χ0) is 9.73. The van der Waals surface area contributed by atoms with Crippen molar-refractivity contribution in [3.63, 3.8) is 0 Å². The van der Waals surface area contributed by atoms with Crippen LogP contribution < -0.4 is 5.32 Å². The minimum absolute atomic E-state index is 0.181. The van der Waals surface area contributed by atoms with Gasteiger partial charge in [-0.3, -0.25) is 4.39 Å². The molecule has 1 atom stereocenters. The maximum absolute atomic E-state index is 11.9. The number of hydrogen-bond donors (Lipinski definition) is 1. The van der Waals surface area contributed by atoms with Crippen molar-refractivity contribution in [2.45, 2.75) is 19.8 Å². The van der Waals surface area contributed by atoms with Crippen LogP contribution in [0.5, 0.6) is 0 Å². The molecule has 0 bridgehead atoms. The molecule has 0 aliphatic carbocycles. The predicted octanol–water partition coefficient (Wildman–Crippen LogP) is 1.28. The minimum Gasteiger partial charge on any atom is -0.319 e. The molecule has 1 rings (SSSR count). The highest BCUT2D eigenvalue weighted by Gasteiger charge is 2.32. The van der Waals surface area contributed by atoms with Gasteiger partial charge in [0.15, 0.2) is 0 Å². The first kappa shape index (κ1) is 10.9. The van der Waals surface area contributed by atoms with E-state index in [-0.39, 0.29) is 6.67 Å². The number of nitrogens with one attached hydrogen (secondary N) is 1. The van der Waals surface area contributed by atoms with Gasteiger partial charge in [-0.2, -0.15) is 0 Å². The van der Waals surface area contributed by atoms with Gasteiger partial charge >= 0.3 is 0 Å². The number of hydrogen-bond acceptors (Lipinski definition) is 2. The molecule has 0 saturated carbocycles. The Bertz CT molecular complexity index is 152. The molecule has 0 aromatic rings. The Balaban J connectivity index is 2.26. The molecule has 1 N–H and O–H groups in total. The number of likely N-dealkylation sites (tertiary alicyclic amines) is 1. The van der Waals surface area contributed by atoms with Crippen LogP contribution in [0.25, 0.3) is 0 Å². The van der Waals surface area contributed by atoms with Crippen molar-refractivity contribution in [3.8, 4) is 0 Å². The van der Waals surface area contributed by atoms with Crippen molar-refractivity contribution in [2.24, 2.45) is 5.41 Å². The van der Waals surface area contributed by atoms with E-state index in [0.29, 0.717) is 11.8 Å². The van der Waals surface area contributed by atoms with E-state index in [4.69, 9.17) is 0 Å². The zero-order valence-corrected chi connectivity index (χ0v) is 8.77. The van der Waals surface area contributed by atoms with Crippen molar-refractivity contribution in [1.29, 1.82) is 0 Å². The molecule has 0 aromatic heterocycles. The van der Waals surface area contributed by atoms with E-state index in [1.807, 2.05) is 7.05 Å². The van der Waals surface area contributed by atoms with E-state index in [2.05, 4.69) is 17.1 Å². The fraction of sp³-hybridized carbons (Fsp3) is 1.00. The SMILES string of the molecule is CNCC1(C)CCN(CCCF)C1. The number of halogens is 1. The minimum atomic E-state index is -0.181. The van der Waals surface area contributed by atoms with Gasteiger partial charge < -0.3 is 10.2 Å². The van der Waals surface area contributed by atoms with Gasteiger partial charge in [-0.25, -0.2) is 0 Å². The topological polar surface area (TPSA) is 15.3 Å². The zero-order valence-electron chi connectivity index (χ0n) is 8.77. The van der Waals surface area contributed by atoms with Crippen molar-refractivity contribution < 1.29 is 4.39 Å². The van der Waals surface area contributed by atoms with Gasteiger partial charge in [-0.05, 0) is 31.8 Å². The Morgan fingerprint density at radius 2 is 2.31 bits per heavy atom. The van der Waals surface area contributed by atoms with E-state index >= 15 is 0 Å². The third kappa shape index (κ3) is 3.24. The van der Waals surface area contributed by atoms with Crippen LogP contribution in [0.4, 0.5) is 4.39 Å². The van der Waals surface area contributed by atoms with Gasteiger partial charge in [-0.1, -0.05) is 6.92 Å². The van der Waals surface area contributed by atoms with Gasteiger partial charge in [-0.15, -0.1) is 0 Å². The fourth-order valence-electron chi connectivity index (χ4n) is 2.17. The molecule has 1 saturated heterocycles. The largest absolute Gasteiger partial charge is 0.319 e. The predicted molar refractivity (Wildman–Crippen MR) is 53.7 cm³/mol. The van der Waals surface area contributed by atoms with Crippen molar-refractivity contribution in [3.05, 3.63) is 0 Å². The first-order valence-corrected chi connectivity index (χ1v) is 5.13. The van der Waals surface area contributed by atoms with Crippen LogP contribution in [0.2, 0.25) is 0 Å². The number of alkyl halides is 1. The summed E-state index contributed by atoms with van der Waals surface area (Å²) in [7, 11) is 2.00. The molecular weight excluding hydrogens is 167 g/mol. The summed E-state index contributed by atoms with van der Waals surface area (Å²) >= 11 is 0. The van der Waals surface area contributed by atoms with Gasteiger partial charge in [0.2, 0.25) is 0 Å². The first-order chi connectivity index (χ1) is 6.20. The summed E-state index contributed by atoms with van der Waals surface area (Å²) < 4.78 is 11.9. The highest BCUT2D eigenvalue weighted by molar-refractivity contribution is 4.87. The molecule has 1 fully saturated rings. The van der Waals surface area contributed by atoms with E-state index < -0.39 is 0 Å². The first-order valence-electron chi connectivity index (χ1n) is 5.13. The van der Waals surface area contributed by atoms with Gasteiger partial charge in [0, 0.05) is 19.6 Å². The second-order valence-corrected chi connectivity index (χ2v) is 4.41. The summed E-state index contributed by atoms with van der Waals surface area (Å²) in [6, 6.07) is 0. The molecule has 0 amide bonds. The van der Waals surface area contributed by atoms with Crippen LogP contribution in [0.1, 0.15) is 19.8 Å². The van der Waals surface area contributed by atoms with Crippen LogP contribution >= 0.6 is 0 Å². The molecule has 0 aromatic carbocycles. The lowest BCUT2D eigenvalue weighted by Crippen LogP contribution is -2.33. The normalized spacial score (nSPS) is 29.8. The molecule has 1 heterocycles. The maximum Gasteiger partial charge on any atom is 0.0906 e. The molecular formula is C10H21FN2. The van der Waals surface area contributed by atoms with Crippen molar-refractivity contribution in [1.82, 2.24) is 10.2 Å². The van der Waals surface area contributed by atoms with Crippen LogP contribution in [-0.2, 0) is 0 Å². The average molecular weight is 188 g/mol. The van der Waals surface area contributed by atoms with Gasteiger partial charge in [0.25, 0.3) is 0 Å². The highest BCUT2D eigenvalue weighted by Crippen LogP contribution is 2.28. The molecule has 1 aliphatic heterocycles. The smallest absolute Gasteiger partial charge is 0.0906 e. The summed E-state index contributed by atoms with van der Waals surface area (Å²) in [6.07, 6.45) is 1.93. The Morgan fingerprint density at radius 3 is 2.92 bits per heavy atom. The van der Waals surface area contributed by atoms with E-state index in [0.717, 1.165) is 26.2 Å². The summed E-state index contributed by atoms with van der Waals surface area (Å²) in [5.74, 6) is 0. The standard InChI is InChI=1S/C10H21FN2/c1-10(8-12-2)4-7-13(9-10)6-3-5-11/h12H,3-9H2,1-2H3. The fourth-order valence-corrected chi connectivity index (χ4v) is 2.17. The van der Waals surface area contributed by atoms with E-state index in [1.165, 1.54) is 6.42 Å². The third-order valence-corrected chi connectivity index (χ3v) is 2.85. The lowest BCUT2D eigenvalue weighted by molar-refractivity contribution is 0.260. The third-order valence-electron chi connectivity index (χ3n) is 2.85. The van der Waals surface area contributed by atoms with Crippen molar-refractivity contribution in [2.75, 3.05) is 39.9 Å². The molecule has 78 valence electrons. The number of rotatable bonds is 5. The molecule has 3 heteroatoms. The number of nitrogens with zero attached hydrogens (tertiary/aromatic N) is 1. The van der Waals surface area contributed by atoms with E-state index in [9.17, 15) is 4.39 Å². The van der Waals surface area contributed by atoms with Crippen LogP contribution in [0.15, 0.2) is 0 Å². The van der Waals surface area contributed by atoms with Gasteiger partial charge in [0.05, 0.1) is 6.67 Å². The molecule has 2 nitrogen and oxygen atoms in total. The summed E-state index contributed by atoms with van der Waals surface area (Å²) in [6.45, 7) is 6.37. The van der Waals surface area contributed by atoms with Crippen LogP contribution in [0.3, 0.4) is 0 Å². The molecule has 0 spiro atoms. The van der Waals surface area contributed by atoms with Crippen molar-refractivity contribution >= 4 is 0 Å². The Labute approximate surface area is 80.5 Å². The second-order valence-electron chi connectivity index (χ2n) is 4.41. The van der Waals surface area contributed by atoms with Crippen LogP contribution in [-0.4, -0.2) is 44.8 Å². The maximum atomic E-state index is 11.9. The second kappa shape index (κ2) is 4.91. The lowest BCUT2D eigenvalue weighted by atomic mass is 9.90. The quantitative estimate of drug-likeness (QED) is 0.699. The molecule has 1 unspecified atom stereocenters. The summed E-state index contributed by atoms with van der Waals surface area (Å²) in [5.41, 5.74) is 0.408. The average Bonchev–Trinajstić information content (AvgIpc) is 2.45. The monoisotopic (exact) mass is 188 g/mol. The van der Waals surface area contributed by atoms with E-state index in [1.54, 1.807) is 0 Å². The summed E-state index contributed by atoms with van der Waals surface area (Å²) in [4.78, 5) is 2.37. The highest BCUT2D eigenvalue weighted by atomic mass is 19.1. The Morgan fingerprint density at radius 1 is 1.54 bits per heavy atom. The molecule has 13 heavy (non-hydrogen) atoms. The van der Waals surface area contributed by atoms with Crippen LogP contribution in [0, 0.1) is 5.41 Å². The Kier molecular flexibility index (Phi) is 4.13. The molecule has 0 radical (unpaired) electrons. The van der Waals surface area contributed by atoms with Gasteiger partial charge in [0.1, 0.15) is 0 Å². The lowest BCUT2D eigenvalue weighted by Gasteiger charge is -2.24. The summed E-state index contributed by atoms with van der Waals surface area (Å²) in [5, 5.41) is 3.23. The molecule has 1 aliphatic rings. The Hall–Kier alpha value is -0.150.